The molecule has 2 heterocycles. The number of anilines is 2. The Kier molecular flexibility index (Phi) is 5.02. The predicted octanol–water partition coefficient (Wildman–Crippen LogP) is 4.74. The van der Waals surface area contributed by atoms with Crippen LogP contribution in [0.5, 0.6) is 5.75 Å². The number of fused-ring (bicyclic) bond motifs is 1. The zero-order chi connectivity index (χ0) is 22.2. The molecule has 5 nitrogen and oxygen atoms in total. The quantitative estimate of drug-likeness (QED) is 0.568. The van der Waals surface area contributed by atoms with E-state index < -0.39 is 0 Å². The smallest absolute Gasteiger partial charge is 0.282 e. The van der Waals surface area contributed by atoms with E-state index in [1.54, 1.807) is 7.11 Å². The molecule has 0 atom stereocenters. The third-order valence-corrected chi connectivity index (χ3v) is 6.08. The maximum atomic E-state index is 13.8. The minimum Gasteiger partial charge on any atom is -0.497 e. The van der Waals surface area contributed by atoms with Gasteiger partial charge in [-0.25, -0.2) is 4.90 Å². The summed E-state index contributed by atoms with van der Waals surface area (Å²) in [5, 5.41) is 0. The Bertz CT molecular complexity index is 1240. The summed E-state index contributed by atoms with van der Waals surface area (Å²) in [4.78, 5) is 30.9. The van der Waals surface area contributed by atoms with Crippen LogP contribution in [0.2, 0.25) is 0 Å². The van der Waals surface area contributed by atoms with E-state index in [9.17, 15) is 9.59 Å². The van der Waals surface area contributed by atoms with Gasteiger partial charge in [0.15, 0.2) is 0 Å². The summed E-state index contributed by atoms with van der Waals surface area (Å²) in [5.41, 5.74) is 5.33. The number of benzene rings is 3. The van der Waals surface area contributed by atoms with Gasteiger partial charge in [0, 0.05) is 12.2 Å². The third-order valence-electron chi connectivity index (χ3n) is 6.08. The molecule has 2 amide bonds. The van der Waals surface area contributed by atoms with Crippen LogP contribution in [0.1, 0.15) is 23.1 Å². The van der Waals surface area contributed by atoms with E-state index in [4.69, 9.17) is 4.74 Å². The van der Waals surface area contributed by atoms with Crippen molar-refractivity contribution in [3.63, 3.8) is 0 Å². The number of methoxy groups -OCH3 is 1. The predicted molar refractivity (Wildman–Crippen MR) is 126 cm³/mol. The lowest BCUT2D eigenvalue weighted by Crippen LogP contribution is -2.37. The van der Waals surface area contributed by atoms with Gasteiger partial charge in [0.25, 0.3) is 11.8 Å². The number of amides is 2. The lowest BCUT2D eigenvalue weighted by atomic mass is 9.98. The fourth-order valence-corrected chi connectivity index (χ4v) is 4.55. The summed E-state index contributed by atoms with van der Waals surface area (Å²) in [7, 11) is 1.61. The number of imide groups is 1. The average Bonchev–Trinajstić information content (AvgIpc) is 3.08. The SMILES string of the molecule is COc1ccc(C2=C(N3CCCc4ccccc43)C(=O)N(c3cccc(C)c3)C2=O)cc1. The van der Waals surface area contributed by atoms with E-state index in [2.05, 4.69) is 6.07 Å². The maximum Gasteiger partial charge on any atom is 0.282 e. The van der Waals surface area contributed by atoms with Crippen molar-refractivity contribution in [2.75, 3.05) is 23.5 Å². The van der Waals surface area contributed by atoms with E-state index in [1.807, 2.05) is 78.6 Å². The fourth-order valence-electron chi connectivity index (χ4n) is 4.55. The molecule has 5 heteroatoms. The molecule has 0 radical (unpaired) electrons. The van der Waals surface area contributed by atoms with Crippen LogP contribution in [0.15, 0.2) is 78.5 Å². The lowest BCUT2D eigenvalue weighted by Gasteiger charge is -2.32. The molecule has 0 saturated heterocycles. The average molecular weight is 425 g/mol. The van der Waals surface area contributed by atoms with Crippen LogP contribution in [0, 0.1) is 6.92 Å². The molecule has 5 rings (SSSR count). The first kappa shape index (κ1) is 20.1. The molecular weight excluding hydrogens is 400 g/mol. The largest absolute Gasteiger partial charge is 0.497 e. The second kappa shape index (κ2) is 8.00. The van der Waals surface area contributed by atoms with Gasteiger partial charge >= 0.3 is 0 Å². The molecule has 3 aromatic carbocycles. The highest BCUT2D eigenvalue weighted by molar-refractivity contribution is 6.46. The summed E-state index contributed by atoms with van der Waals surface area (Å²) in [6.45, 7) is 2.64. The molecular formula is C27H24N2O3. The number of hydrogen-bond acceptors (Lipinski definition) is 4. The number of hydrogen-bond donors (Lipinski definition) is 0. The summed E-state index contributed by atoms with van der Waals surface area (Å²) >= 11 is 0. The summed E-state index contributed by atoms with van der Waals surface area (Å²) in [6, 6.07) is 22.9. The second-order valence-corrected chi connectivity index (χ2v) is 8.12. The van der Waals surface area contributed by atoms with Crippen molar-refractivity contribution in [1.29, 1.82) is 0 Å². The lowest BCUT2D eigenvalue weighted by molar-refractivity contribution is -0.120. The van der Waals surface area contributed by atoms with Gasteiger partial charge in [0.2, 0.25) is 0 Å². The van der Waals surface area contributed by atoms with Gasteiger partial charge in [-0.3, -0.25) is 9.59 Å². The molecule has 0 fully saturated rings. The Morgan fingerprint density at radius 1 is 0.875 bits per heavy atom. The second-order valence-electron chi connectivity index (χ2n) is 8.12. The Morgan fingerprint density at radius 2 is 1.66 bits per heavy atom. The van der Waals surface area contributed by atoms with Gasteiger partial charge in [-0.15, -0.1) is 0 Å². The Morgan fingerprint density at radius 3 is 2.41 bits per heavy atom. The molecule has 0 aromatic heterocycles. The zero-order valence-corrected chi connectivity index (χ0v) is 18.2. The Balaban J connectivity index is 1.69. The van der Waals surface area contributed by atoms with Crippen molar-refractivity contribution < 1.29 is 14.3 Å². The van der Waals surface area contributed by atoms with Crippen molar-refractivity contribution in [3.8, 4) is 5.75 Å². The molecule has 0 saturated carbocycles. The number of nitrogens with zero attached hydrogens (tertiary/aromatic N) is 2. The number of carbonyl (C=O) groups excluding carboxylic acids is 2. The molecule has 160 valence electrons. The molecule has 0 unspecified atom stereocenters. The molecule has 0 spiro atoms. The standard InChI is InChI=1S/C27H24N2O3/c1-18-7-5-10-21(17-18)29-26(30)24(20-12-14-22(32-2)15-13-20)25(27(29)31)28-16-6-9-19-8-3-4-11-23(19)28/h3-5,7-8,10-15,17H,6,9,16H2,1-2H3. The number of carbonyl (C=O) groups is 2. The molecule has 0 N–H and O–H groups in total. The Hall–Kier alpha value is -3.86. The number of para-hydroxylation sites is 1. The fraction of sp³-hybridized carbons (Fsp3) is 0.185. The van der Waals surface area contributed by atoms with Crippen LogP contribution in [0.25, 0.3) is 5.57 Å². The summed E-state index contributed by atoms with van der Waals surface area (Å²) < 4.78 is 5.28. The highest BCUT2D eigenvalue weighted by atomic mass is 16.5. The van der Waals surface area contributed by atoms with Gasteiger partial charge in [0.05, 0.1) is 18.4 Å². The van der Waals surface area contributed by atoms with Gasteiger partial charge in [0.1, 0.15) is 11.4 Å². The molecule has 2 aliphatic heterocycles. The monoisotopic (exact) mass is 424 g/mol. The Labute approximate surface area is 187 Å². The van der Waals surface area contributed by atoms with E-state index in [0.29, 0.717) is 34.8 Å². The summed E-state index contributed by atoms with van der Waals surface area (Å²) in [6.07, 6.45) is 1.88. The molecule has 32 heavy (non-hydrogen) atoms. The first-order chi connectivity index (χ1) is 15.6. The van der Waals surface area contributed by atoms with Crippen LogP contribution in [-0.2, 0) is 16.0 Å². The normalized spacial score (nSPS) is 15.9. The van der Waals surface area contributed by atoms with E-state index in [0.717, 1.165) is 24.1 Å². The number of ether oxygens (including phenoxy) is 1. The topological polar surface area (TPSA) is 49.9 Å². The van der Waals surface area contributed by atoms with Crippen molar-refractivity contribution in [3.05, 3.63) is 95.2 Å². The van der Waals surface area contributed by atoms with Crippen LogP contribution < -0.4 is 14.5 Å². The van der Waals surface area contributed by atoms with Crippen molar-refractivity contribution in [2.45, 2.75) is 19.8 Å². The summed E-state index contributed by atoms with van der Waals surface area (Å²) in [5.74, 6) is 0.110. The van der Waals surface area contributed by atoms with E-state index >= 15 is 0 Å². The highest BCUT2D eigenvalue weighted by Crippen LogP contribution is 2.39. The van der Waals surface area contributed by atoms with Crippen LogP contribution in [0.4, 0.5) is 11.4 Å². The number of rotatable bonds is 4. The first-order valence-corrected chi connectivity index (χ1v) is 10.8. The molecule has 3 aromatic rings. The molecule has 0 bridgehead atoms. The van der Waals surface area contributed by atoms with Crippen molar-refractivity contribution in [1.82, 2.24) is 0 Å². The van der Waals surface area contributed by atoms with Crippen LogP contribution >= 0.6 is 0 Å². The van der Waals surface area contributed by atoms with Gasteiger partial charge in [-0.05, 0) is 66.8 Å². The van der Waals surface area contributed by atoms with Crippen LogP contribution in [-0.4, -0.2) is 25.5 Å². The molecule has 0 aliphatic carbocycles. The minimum atomic E-state index is -0.302. The zero-order valence-electron chi connectivity index (χ0n) is 18.2. The first-order valence-electron chi connectivity index (χ1n) is 10.8. The van der Waals surface area contributed by atoms with Crippen molar-refractivity contribution >= 4 is 28.8 Å². The number of aryl methyl sites for hydroxylation is 2. The van der Waals surface area contributed by atoms with Crippen LogP contribution in [0.3, 0.4) is 0 Å². The molecule has 2 aliphatic rings. The van der Waals surface area contributed by atoms with Gasteiger partial charge in [-0.1, -0.05) is 42.5 Å². The third kappa shape index (κ3) is 3.26. The van der Waals surface area contributed by atoms with E-state index in [-0.39, 0.29) is 11.8 Å². The van der Waals surface area contributed by atoms with E-state index in [1.165, 1.54) is 10.5 Å². The maximum absolute atomic E-state index is 13.8. The van der Waals surface area contributed by atoms with Crippen molar-refractivity contribution in [2.24, 2.45) is 0 Å². The van der Waals surface area contributed by atoms with Gasteiger partial charge < -0.3 is 9.64 Å². The minimum absolute atomic E-state index is 0.289. The van der Waals surface area contributed by atoms with Gasteiger partial charge in [-0.2, -0.15) is 0 Å². The highest BCUT2D eigenvalue weighted by Gasteiger charge is 2.43.